The predicted octanol–water partition coefficient (Wildman–Crippen LogP) is 3.89. The van der Waals surface area contributed by atoms with E-state index in [1.807, 2.05) is 13.0 Å². The van der Waals surface area contributed by atoms with Gasteiger partial charge in [-0.15, -0.1) is 0 Å². The summed E-state index contributed by atoms with van der Waals surface area (Å²) in [5.74, 6) is 0.276. The van der Waals surface area contributed by atoms with Gasteiger partial charge in [-0.3, -0.25) is 9.48 Å². The average molecular weight is 492 g/mol. The minimum atomic E-state index is -0.496. The van der Waals surface area contributed by atoms with E-state index in [2.05, 4.69) is 49.2 Å². The number of nitrogens with zero attached hydrogens (tertiary/aromatic N) is 7. The molecule has 4 rings (SSSR count). The normalized spacial score (nSPS) is 12.1. The minimum absolute atomic E-state index is 0.0177. The van der Waals surface area contributed by atoms with Crippen molar-refractivity contribution in [1.29, 1.82) is 0 Å². The van der Waals surface area contributed by atoms with Crippen molar-refractivity contribution in [2.24, 2.45) is 7.05 Å². The Morgan fingerprint density at radius 1 is 1.09 bits per heavy atom. The second-order valence-electron chi connectivity index (χ2n) is 8.57. The number of pyridine rings is 1. The number of halogens is 1. The zero-order chi connectivity index (χ0) is 25.3. The third kappa shape index (κ3) is 5.27. The van der Waals surface area contributed by atoms with Gasteiger partial charge in [0.1, 0.15) is 22.4 Å². The molecule has 1 unspecified atom stereocenters. The molecule has 0 saturated heterocycles. The smallest absolute Gasteiger partial charge is 0.274 e. The van der Waals surface area contributed by atoms with Crippen LogP contribution < -0.4 is 11.1 Å². The van der Waals surface area contributed by atoms with Crippen molar-refractivity contribution in [1.82, 2.24) is 40.0 Å². The van der Waals surface area contributed by atoms with Crippen molar-refractivity contribution in [3.05, 3.63) is 64.7 Å². The molecule has 0 aliphatic rings. The molecule has 4 aromatic heterocycles. The predicted molar refractivity (Wildman–Crippen MR) is 134 cm³/mol. The Hall–Kier alpha value is -3.92. The number of anilines is 1. The van der Waals surface area contributed by atoms with Crippen molar-refractivity contribution in [2.45, 2.75) is 39.7 Å². The van der Waals surface area contributed by atoms with Crippen LogP contribution in [0.1, 0.15) is 60.3 Å². The number of aryl methyl sites for hydroxylation is 2. The fourth-order valence-corrected chi connectivity index (χ4v) is 3.75. The third-order valence-electron chi connectivity index (χ3n) is 5.38. The van der Waals surface area contributed by atoms with Gasteiger partial charge in [0.25, 0.3) is 5.91 Å². The molecule has 0 aliphatic carbocycles. The molecule has 4 aromatic rings. The highest BCUT2D eigenvalue weighted by molar-refractivity contribution is 6.29. The SMILES string of the molecule is Cc1cc(-c2nc(C(=O)NC(C)c3ncc(C(C)C)cn3)c(N)nc2-c2ccn(C)n2)cc(Cl)n1. The standard InChI is InChI=1S/C24H26ClN9O/c1-12(2)16-10-27-23(28-11-16)14(4)30-24(35)21-22(26)32-20(17-6-7-34(5)33-17)19(31-21)15-8-13(3)29-18(25)9-15/h6-12,14H,1-5H3,(H2,26,32)(H,30,35). The quantitative estimate of drug-likeness (QED) is 0.387. The Kier molecular flexibility index (Phi) is 6.74. The molecular formula is C24H26ClN9O. The van der Waals surface area contributed by atoms with Crippen LogP contribution in [-0.4, -0.2) is 40.6 Å². The lowest BCUT2D eigenvalue weighted by atomic mass is 10.1. The maximum atomic E-state index is 13.2. The number of nitrogens with one attached hydrogen (secondary N) is 1. The number of aromatic nitrogens is 7. The van der Waals surface area contributed by atoms with Crippen LogP contribution in [-0.2, 0) is 7.05 Å². The van der Waals surface area contributed by atoms with Gasteiger partial charge in [-0.1, -0.05) is 25.4 Å². The number of carbonyl (C=O) groups is 1. The van der Waals surface area contributed by atoms with E-state index in [9.17, 15) is 4.79 Å². The van der Waals surface area contributed by atoms with Crippen LogP contribution in [0, 0.1) is 6.92 Å². The lowest BCUT2D eigenvalue weighted by Gasteiger charge is -2.15. The van der Waals surface area contributed by atoms with Crippen LogP contribution in [0.25, 0.3) is 22.6 Å². The molecule has 10 nitrogen and oxygen atoms in total. The van der Waals surface area contributed by atoms with Gasteiger partial charge in [0.05, 0.1) is 11.7 Å². The van der Waals surface area contributed by atoms with Crippen LogP contribution >= 0.6 is 11.6 Å². The van der Waals surface area contributed by atoms with Crippen LogP contribution in [0.4, 0.5) is 5.82 Å². The lowest BCUT2D eigenvalue weighted by Crippen LogP contribution is -2.30. The second-order valence-corrected chi connectivity index (χ2v) is 8.96. The third-order valence-corrected chi connectivity index (χ3v) is 5.58. The summed E-state index contributed by atoms with van der Waals surface area (Å²) in [6.45, 7) is 7.74. The molecule has 0 radical (unpaired) electrons. The first kappa shape index (κ1) is 24.2. The Balaban J connectivity index is 1.72. The first-order valence-corrected chi connectivity index (χ1v) is 11.4. The van der Waals surface area contributed by atoms with Crippen molar-refractivity contribution in [3.8, 4) is 22.6 Å². The van der Waals surface area contributed by atoms with Crippen molar-refractivity contribution in [2.75, 3.05) is 5.73 Å². The first-order chi connectivity index (χ1) is 16.6. The summed E-state index contributed by atoms with van der Waals surface area (Å²) in [6.07, 6.45) is 5.31. The van der Waals surface area contributed by atoms with Crippen LogP contribution in [0.15, 0.2) is 36.8 Å². The number of hydrogen-bond donors (Lipinski definition) is 2. The van der Waals surface area contributed by atoms with Gasteiger partial charge in [0.2, 0.25) is 0 Å². The number of carbonyl (C=O) groups excluding carboxylic acids is 1. The Morgan fingerprint density at radius 2 is 1.80 bits per heavy atom. The van der Waals surface area contributed by atoms with Crippen molar-refractivity contribution >= 4 is 23.3 Å². The van der Waals surface area contributed by atoms with Gasteiger partial charge in [-0.2, -0.15) is 5.10 Å². The molecule has 0 aromatic carbocycles. The molecule has 0 aliphatic heterocycles. The van der Waals surface area contributed by atoms with E-state index in [0.29, 0.717) is 45.2 Å². The minimum Gasteiger partial charge on any atom is -0.382 e. The van der Waals surface area contributed by atoms with E-state index in [-0.39, 0.29) is 11.5 Å². The molecule has 4 heterocycles. The fraction of sp³-hybridized carbons (Fsp3) is 0.292. The number of rotatable bonds is 6. The summed E-state index contributed by atoms with van der Waals surface area (Å²) in [7, 11) is 1.80. The molecule has 0 spiro atoms. The van der Waals surface area contributed by atoms with Crippen LogP contribution in [0.5, 0.6) is 0 Å². The molecular weight excluding hydrogens is 466 g/mol. The molecule has 35 heavy (non-hydrogen) atoms. The van der Waals surface area contributed by atoms with Crippen LogP contribution in [0.2, 0.25) is 5.15 Å². The largest absolute Gasteiger partial charge is 0.382 e. The number of nitrogen functional groups attached to an aromatic ring is 1. The first-order valence-electron chi connectivity index (χ1n) is 11.1. The molecule has 0 bridgehead atoms. The fourth-order valence-electron chi connectivity index (χ4n) is 3.50. The van der Waals surface area contributed by atoms with Crippen LogP contribution in [0.3, 0.4) is 0 Å². The highest BCUT2D eigenvalue weighted by Gasteiger charge is 2.23. The van der Waals surface area contributed by atoms with E-state index in [1.54, 1.807) is 49.4 Å². The monoisotopic (exact) mass is 491 g/mol. The van der Waals surface area contributed by atoms with Gasteiger partial charge in [-0.25, -0.2) is 24.9 Å². The number of nitrogens with two attached hydrogens (primary N) is 1. The maximum absolute atomic E-state index is 13.2. The summed E-state index contributed by atoms with van der Waals surface area (Å²) in [5, 5.41) is 7.59. The zero-order valence-electron chi connectivity index (χ0n) is 20.1. The van der Waals surface area contributed by atoms with E-state index < -0.39 is 11.9 Å². The van der Waals surface area contributed by atoms with Crippen molar-refractivity contribution < 1.29 is 4.79 Å². The van der Waals surface area contributed by atoms with E-state index in [4.69, 9.17) is 17.3 Å². The summed E-state index contributed by atoms with van der Waals surface area (Å²) < 4.78 is 1.65. The second kappa shape index (κ2) is 9.75. The topological polar surface area (TPSA) is 137 Å². The Morgan fingerprint density at radius 3 is 2.40 bits per heavy atom. The molecule has 0 saturated carbocycles. The van der Waals surface area contributed by atoms with Gasteiger partial charge < -0.3 is 11.1 Å². The van der Waals surface area contributed by atoms with E-state index in [0.717, 1.165) is 5.56 Å². The summed E-state index contributed by atoms with van der Waals surface area (Å²) in [6, 6.07) is 4.80. The van der Waals surface area contributed by atoms with Gasteiger partial charge in [0, 0.05) is 36.9 Å². The molecule has 180 valence electrons. The average Bonchev–Trinajstić information content (AvgIpc) is 3.24. The Bertz CT molecular complexity index is 1360. The molecule has 0 fully saturated rings. The lowest BCUT2D eigenvalue weighted by molar-refractivity contribution is 0.0934. The molecule has 3 N–H and O–H groups in total. The van der Waals surface area contributed by atoms with E-state index in [1.165, 1.54) is 0 Å². The molecule has 1 atom stereocenters. The number of hydrogen-bond acceptors (Lipinski definition) is 8. The van der Waals surface area contributed by atoms with E-state index >= 15 is 0 Å². The highest BCUT2D eigenvalue weighted by atomic mass is 35.5. The molecule has 11 heteroatoms. The summed E-state index contributed by atoms with van der Waals surface area (Å²) >= 11 is 6.21. The summed E-state index contributed by atoms with van der Waals surface area (Å²) in [5.41, 5.74) is 9.95. The van der Waals surface area contributed by atoms with Crippen molar-refractivity contribution in [3.63, 3.8) is 0 Å². The molecule has 1 amide bonds. The number of amides is 1. The van der Waals surface area contributed by atoms with Gasteiger partial charge in [0.15, 0.2) is 11.5 Å². The van der Waals surface area contributed by atoms with Gasteiger partial charge >= 0.3 is 0 Å². The highest BCUT2D eigenvalue weighted by Crippen LogP contribution is 2.31. The van der Waals surface area contributed by atoms with Gasteiger partial charge in [-0.05, 0) is 43.5 Å². The Labute approximate surface area is 208 Å². The summed E-state index contributed by atoms with van der Waals surface area (Å²) in [4.78, 5) is 35.3. The zero-order valence-corrected chi connectivity index (χ0v) is 20.9. The maximum Gasteiger partial charge on any atom is 0.274 e.